The third kappa shape index (κ3) is 7.49. The van der Waals surface area contributed by atoms with Crippen molar-refractivity contribution in [3.63, 3.8) is 0 Å². The molecule has 3 N–H and O–H groups in total. The van der Waals surface area contributed by atoms with Crippen LogP contribution >= 0.6 is 0 Å². The average molecular weight is 633 g/mol. The zero-order valence-electron chi connectivity index (χ0n) is 26.8. The van der Waals surface area contributed by atoms with E-state index in [0.717, 1.165) is 25.7 Å². The molecule has 2 fully saturated rings. The van der Waals surface area contributed by atoms with E-state index in [9.17, 15) is 29.9 Å². The van der Waals surface area contributed by atoms with Crippen molar-refractivity contribution in [1.29, 1.82) is 0 Å². The van der Waals surface area contributed by atoms with Crippen molar-refractivity contribution >= 4 is 17.9 Å². The van der Waals surface area contributed by atoms with Crippen LogP contribution in [0.3, 0.4) is 0 Å². The Kier molecular flexibility index (Phi) is 12.5. The number of allylic oxidation sites excluding steroid dienone is 3. The fourth-order valence-corrected chi connectivity index (χ4v) is 7.22. The molecule has 1 saturated heterocycles. The highest BCUT2D eigenvalue weighted by Gasteiger charge is 2.73. The molecule has 45 heavy (non-hydrogen) atoms. The predicted octanol–water partition coefficient (Wildman–Crippen LogP) is 4.70. The van der Waals surface area contributed by atoms with Gasteiger partial charge >= 0.3 is 17.9 Å². The van der Waals surface area contributed by atoms with E-state index >= 15 is 0 Å². The average Bonchev–Trinajstić information content (AvgIpc) is 3.28. The molecule has 0 aromatic carbocycles. The fourth-order valence-electron chi connectivity index (χ4n) is 7.22. The summed E-state index contributed by atoms with van der Waals surface area (Å²) in [5, 5.41) is 33.2. The molecule has 1 heterocycles. The lowest BCUT2D eigenvalue weighted by Gasteiger charge is -2.62. The number of rotatable bonds is 14. The van der Waals surface area contributed by atoms with Gasteiger partial charge in [-0.15, -0.1) is 0 Å². The molecular weight excluding hydrogens is 584 g/mol. The van der Waals surface area contributed by atoms with Crippen molar-refractivity contribution in [3.05, 3.63) is 60.8 Å². The van der Waals surface area contributed by atoms with E-state index in [1.54, 1.807) is 19.1 Å². The summed E-state index contributed by atoms with van der Waals surface area (Å²) in [6.45, 7) is 15.7. The molecule has 2 aliphatic carbocycles. The molecule has 0 unspecified atom stereocenters. The van der Waals surface area contributed by atoms with Gasteiger partial charge in [0.05, 0.1) is 17.6 Å². The lowest BCUT2D eigenvalue weighted by molar-refractivity contribution is -0.297. The number of unbranched alkanes of at least 4 members (excludes halogenated alkanes) is 3. The first-order valence-corrected chi connectivity index (χ1v) is 15.5. The Morgan fingerprint density at radius 1 is 1.13 bits per heavy atom. The summed E-state index contributed by atoms with van der Waals surface area (Å²) in [5.41, 5.74) is -2.06. The van der Waals surface area contributed by atoms with Crippen LogP contribution in [0.2, 0.25) is 0 Å². The van der Waals surface area contributed by atoms with Crippen molar-refractivity contribution in [1.82, 2.24) is 0 Å². The van der Waals surface area contributed by atoms with E-state index in [4.69, 9.17) is 23.8 Å². The Bertz CT molecular complexity index is 1200. The Balaban J connectivity index is 2.12. The first-order chi connectivity index (χ1) is 21.3. The molecule has 11 heteroatoms. The molecule has 0 amide bonds. The summed E-state index contributed by atoms with van der Waals surface area (Å²) < 4.78 is 22.9. The molecule has 0 aromatic heterocycles. The van der Waals surface area contributed by atoms with Crippen LogP contribution in [-0.4, -0.2) is 70.4 Å². The molecule has 250 valence electrons. The van der Waals surface area contributed by atoms with Gasteiger partial charge in [-0.3, -0.25) is 19.6 Å². The maximum atomic E-state index is 12.9. The highest BCUT2D eigenvalue weighted by molar-refractivity contribution is 5.82. The molecule has 0 aromatic rings. The van der Waals surface area contributed by atoms with E-state index in [0.29, 0.717) is 5.57 Å². The van der Waals surface area contributed by atoms with E-state index in [2.05, 4.69) is 20.1 Å². The first kappa shape index (κ1) is 36.4. The lowest BCUT2D eigenvalue weighted by atomic mass is 9.44. The van der Waals surface area contributed by atoms with Gasteiger partial charge in [0.25, 0.3) is 0 Å². The quantitative estimate of drug-likeness (QED) is 0.0356. The molecule has 0 bridgehead atoms. The normalized spacial score (nSPS) is 34.8. The topological polar surface area (TPSA) is 158 Å². The number of aliphatic hydroxyl groups is 2. The van der Waals surface area contributed by atoms with Crippen molar-refractivity contribution in [2.75, 3.05) is 0 Å². The van der Waals surface area contributed by atoms with Crippen LogP contribution in [0.25, 0.3) is 0 Å². The third-order valence-electron chi connectivity index (χ3n) is 9.66. The molecule has 1 saturated carbocycles. The summed E-state index contributed by atoms with van der Waals surface area (Å²) >= 11 is 0. The van der Waals surface area contributed by atoms with Crippen LogP contribution < -0.4 is 0 Å². The largest absolute Gasteiger partial charge is 0.455 e. The van der Waals surface area contributed by atoms with E-state index in [-0.39, 0.29) is 18.4 Å². The summed E-state index contributed by atoms with van der Waals surface area (Å²) in [6, 6.07) is 0. The van der Waals surface area contributed by atoms with Crippen LogP contribution in [-0.2, 0) is 38.2 Å². The number of ether oxygens (including phenoxy) is 4. The number of hydrogen-bond acceptors (Lipinski definition) is 11. The monoisotopic (exact) mass is 632 g/mol. The maximum absolute atomic E-state index is 12.9. The van der Waals surface area contributed by atoms with Gasteiger partial charge in [0.15, 0.2) is 0 Å². The molecule has 1 spiro atoms. The summed E-state index contributed by atoms with van der Waals surface area (Å²) in [7, 11) is 0. The summed E-state index contributed by atoms with van der Waals surface area (Å²) in [5.74, 6) is -3.42. The maximum Gasteiger partial charge on any atom is 0.331 e. The number of hydrogen-bond donors (Lipinski definition) is 3. The first-order valence-electron chi connectivity index (χ1n) is 15.5. The Hall–Kier alpha value is -3.09. The van der Waals surface area contributed by atoms with Gasteiger partial charge in [-0.1, -0.05) is 71.1 Å². The molecule has 3 rings (SSSR count). The molecule has 10 atom stereocenters. The number of carbonyl (C=O) groups is 3. The van der Waals surface area contributed by atoms with Crippen molar-refractivity contribution in [2.24, 2.45) is 22.7 Å². The van der Waals surface area contributed by atoms with Gasteiger partial charge < -0.3 is 24.4 Å². The molecule has 3 aliphatic rings. The van der Waals surface area contributed by atoms with Crippen LogP contribution in [0, 0.1) is 22.7 Å². The molecule has 11 nitrogen and oxygen atoms in total. The molecule has 1 aliphatic heterocycles. The summed E-state index contributed by atoms with van der Waals surface area (Å²) in [6.07, 6.45) is 6.37. The van der Waals surface area contributed by atoms with Gasteiger partial charge in [0, 0.05) is 25.5 Å². The zero-order valence-corrected chi connectivity index (χ0v) is 26.8. The Morgan fingerprint density at radius 3 is 2.42 bits per heavy atom. The highest BCUT2D eigenvalue weighted by atomic mass is 17.1. The van der Waals surface area contributed by atoms with Crippen LogP contribution in [0.5, 0.6) is 0 Å². The van der Waals surface area contributed by atoms with E-state index in [1.165, 1.54) is 32.1 Å². The fraction of sp³-hybridized carbons (Fsp3) is 0.618. The van der Waals surface area contributed by atoms with Crippen molar-refractivity contribution < 1.29 is 53.7 Å². The lowest BCUT2D eigenvalue weighted by Crippen LogP contribution is -2.68. The second kappa shape index (κ2) is 15.5. The second-order valence-electron chi connectivity index (χ2n) is 12.4. The number of carbonyl (C=O) groups excluding carboxylic acids is 3. The minimum absolute atomic E-state index is 0.0768. The predicted molar refractivity (Wildman–Crippen MR) is 164 cm³/mol. The Labute approximate surface area is 265 Å². The third-order valence-corrected chi connectivity index (χ3v) is 9.66. The van der Waals surface area contributed by atoms with Gasteiger partial charge in [0.1, 0.15) is 12.2 Å². The van der Waals surface area contributed by atoms with Crippen LogP contribution in [0.4, 0.5) is 0 Å². The van der Waals surface area contributed by atoms with Gasteiger partial charge in [-0.2, -0.15) is 0 Å². The summed E-state index contributed by atoms with van der Waals surface area (Å²) in [4.78, 5) is 42.2. The van der Waals surface area contributed by atoms with Gasteiger partial charge in [0.2, 0.25) is 12.6 Å². The van der Waals surface area contributed by atoms with Crippen molar-refractivity contribution in [3.8, 4) is 0 Å². The minimum Gasteiger partial charge on any atom is -0.455 e. The SMILES string of the molecule is C=CC(=C)[C@H](C[C@]1(C)[C@H](C)[C@@H](O)[C@@H](O)[C@@]23C(=C[C@H](OC(=O)/C=C\C=C\CCCCC)C[C@@H]12)[C@@H](OC(C)=O)O[C@H]3OC(C)=O)OO. The Morgan fingerprint density at radius 2 is 1.82 bits per heavy atom. The van der Waals surface area contributed by atoms with E-state index < -0.39 is 77.6 Å². The van der Waals surface area contributed by atoms with Crippen LogP contribution in [0.1, 0.15) is 73.1 Å². The zero-order chi connectivity index (χ0) is 33.5. The van der Waals surface area contributed by atoms with Crippen molar-refractivity contribution in [2.45, 2.75) is 110 Å². The van der Waals surface area contributed by atoms with Gasteiger partial charge in [-0.25, -0.2) is 9.68 Å². The number of aliphatic hydroxyl groups excluding tert-OH is 2. The molecular formula is C34H48O11. The molecule has 0 radical (unpaired) electrons. The standard InChI is InChI=1S/C34H48O11/c1-8-10-11-12-13-14-15-16-28(37)43-24-17-25-31(41-22(5)35)44-32(42-23(6)36)34(25)27(18-24)33(7,21(4)29(38)30(34)39)19-26(45-40)20(3)9-2/h9,13-17,21,24,26-27,29-32,38-40H,2-3,8,10-12,18-19H2,1,4-7H3/b14-13+,16-15-/t21-,24+,26+,27+,29-,30-,31+,32-,33-,34-/m1/s1. The van der Waals surface area contributed by atoms with Crippen LogP contribution in [0.15, 0.2) is 60.8 Å². The van der Waals surface area contributed by atoms with Gasteiger partial charge in [-0.05, 0) is 54.6 Å². The highest BCUT2D eigenvalue weighted by Crippen LogP contribution is 2.67. The minimum atomic E-state index is -1.62. The number of esters is 3. The second-order valence-corrected chi connectivity index (χ2v) is 12.4. The smallest absolute Gasteiger partial charge is 0.331 e. The van der Waals surface area contributed by atoms with E-state index in [1.807, 2.05) is 13.0 Å².